The zero-order valence-electron chi connectivity index (χ0n) is 13.2. The van der Waals surface area contributed by atoms with Crippen molar-refractivity contribution in [1.29, 1.82) is 0 Å². The minimum atomic E-state index is -3.00. The standard InChI is InChI=1S/C13H18FN3O8/c1-15-3-5-24-12(23)17-7(19)2-4-16(11(17)22)10-8(20)9(21)13(14,6-18)25-10/h2,4,8-10,15,18,20-21H,3,5-6H2,1H3/t8-,9+,10-,13-/m1/s1. The Labute approximate surface area is 139 Å². The van der Waals surface area contributed by atoms with Gasteiger partial charge in [0.25, 0.3) is 11.4 Å². The Morgan fingerprint density at radius 1 is 1.48 bits per heavy atom. The van der Waals surface area contributed by atoms with Gasteiger partial charge >= 0.3 is 11.8 Å². The highest BCUT2D eigenvalue weighted by Gasteiger charge is 2.56. The molecule has 0 aromatic carbocycles. The van der Waals surface area contributed by atoms with Gasteiger partial charge in [0.1, 0.15) is 25.4 Å². The molecule has 25 heavy (non-hydrogen) atoms. The molecule has 140 valence electrons. The van der Waals surface area contributed by atoms with Crippen LogP contribution in [0, 0.1) is 0 Å². The number of aliphatic hydroxyl groups is 3. The summed E-state index contributed by atoms with van der Waals surface area (Å²) in [6.07, 6.45) is -6.23. The Kier molecular flexibility index (Phi) is 5.69. The topological polar surface area (TPSA) is 152 Å². The molecule has 1 aromatic heterocycles. The lowest BCUT2D eigenvalue weighted by Crippen LogP contribution is -2.46. The third-order valence-electron chi connectivity index (χ3n) is 3.63. The minimum absolute atomic E-state index is 0.116. The molecule has 0 radical (unpaired) electrons. The van der Waals surface area contributed by atoms with Gasteiger partial charge in [0.05, 0.1) is 0 Å². The molecule has 0 spiro atoms. The van der Waals surface area contributed by atoms with Crippen molar-refractivity contribution in [3.63, 3.8) is 0 Å². The number of carbonyl (C=O) groups excluding carboxylic acids is 1. The number of likely N-dealkylation sites (N-methyl/N-ethyl adjacent to an activating group) is 1. The zero-order valence-corrected chi connectivity index (χ0v) is 13.2. The fourth-order valence-electron chi connectivity index (χ4n) is 2.26. The number of hydrogen-bond acceptors (Lipinski definition) is 9. The molecule has 1 aliphatic heterocycles. The van der Waals surface area contributed by atoms with Gasteiger partial charge in [-0.05, 0) is 7.05 Å². The molecule has 12 heteroatoms. The summed E-state index contributed by atoms with van der Waals surface area (Å²) in [6.45, 7) is -1.11. The Morgan fingerprint density at radius 2 is 2.16 bits per heavy atom. The van der Waals surface area contributed by atoms with E-state index in [0.717, 1.165) is 12.3 Å². The van der Waals surface area contributed by atoms with E-state index in [1.165, 1.54) is 0 Å². The summed E-state index contributed by atoms with van der Waals surface area (Å²) in [5.41, 5.74) is -2.27. The fourth-order valence-corrected chi connectivity index (χ4v) is 2.26. The summed E-state index contributed by atoms with van der Waals surface area (Å²) in [7, 11) is 1.60. The lowest BCUT2D eigenvalue weighted by Gasteiger charge is -2.20. The van der Waals surface area contributed by atoms with Crippen LogP contribution in [0.3, 0.4) is 0 Å². The molecule has 4 N–H and O–H groups in total. The Hall–Kier alpha value is -2.12. The van der Waals surface area contributed by atoms with Crippen molar-refractivity contribution in [2.75, 3.05) is 26.8 Å². The number of alkyl halides is 1. The quantitative estimate of drug-likeness (QED) is 0.404. The fraction of sp³-hybridized carbons (Fsp3) is 0.615. The number of carbonyl (C=O) groups is 1. The maximum absolute atomic E-state index is 14.1. The second-order valence-electron chi connectivity index (χ2n) is 5.29. The maximum Gasteiger partial charge on any atom is 0.425 e. The van der Waals surface area contributed by atoms with E-state index < -0.39 is 48.2 Å². The van der Waals surface area contributed by atoms with Gasteiger partial charge in [-0.1, -0.05) is 0 Å². The van der Waals surface area contributed by atoms with Crippen molar-refractivity contribution in [3.05, 3.63) is 33.1 Å². The molecular weight excluding hydrogens is 345 g/mol. The van der Waals surface area contributed by atoms with Crippen molar-refractivity contribution in [3.8, 4) is 0 Å². The van der Waals surface area contributed by atoms with Crippen LogP contribution in [0.15, 0.2) is 21.9 Å². The number of ether oxygens (including phenoxy) is 2. The average molecular weight is 363 g/mol. The number of halogens is 1. The van der Waals surface area contributed by atoms with Crippen LogP contribution < -0.4 is 16.6 Å². The second kappa shape index (κ2) is 7.41. The Morgan fingerprint density at radius 3 is 2.72 bits per heavy atom. The summed E-state index contributed by atoms with van der Waals surface area (Å²) in [5, 5.41) is 31.2. The lowest BCUT2D eigenvalue weighted by atomic mass is 10.1. The van der Waals surface area contributed by atoms with Crippen LogP contribution >= 0.6 is 0 Å². The number of hydrogen-bond donors (Lipinski definition) is 4. The zero-order chi connectivity index (χ0) is 18.8. The average Bonchev–Trinajstić information content (AvgIpc) is 2.80. The van der Waals surface area contributed by atoms with Gasteiger partial charge in [0.15, 0.2) is 6.23 Å². The van der Waals surface area contributed by atoms with E-state index in [2.05, 4.69) is 5.32 Å². The van der Waals surface area contributed by atoms with E-state index in [0.29, 0.717) is 4.57 Å². The van der Waals surface area contributed by atoms with Crippen LogP contribution in [0.4, 0.5) is 9.18 Å². The highest BCUT2D eigenvalue weighted by molar-refractivity contribution is 5.69. The smallest absolute Gasteiger partial charge is 0.425 e. The van der Waals surface area contributed by atoms with Crippen molar-refractivity contribution in [2.45, 2.75) is 24.3 Å². The number of aliphatic hydroxyl groups excluding tert-OH is 3. The molecule has 1 fully saturated rings. The summed E-state index contributed by atoms with van der Waals surface area (Å²) in [5.74, 6) is -3.00. The number of rotatable bonds is 5. The first-order valence-corrected chi connectivity index (χ1v) is 7.26. The molecule has 1 saturated heterocycles. The second-order valence-corrected chi connectivity index (χ2v) is 5.29. The van der Waals surface area contributed by atoms with Crippen LogP contribution in [-0.2, 0) is 9.47 Å². The highest BCUT2D eigenvalue weighted by atomic mass is 19.2. The van der Waals surface area contributed by atoms with Gasteiger partial charge in [-0.15, -0.1) is 0 Å². The van der Waals surface area contributed by atoms with Gasteiger partial charge in [-0.3, -0.25) is 9.36 Å². The number of aromatic nitrogens is 2. The normalized spacial score (nSPS) is 28.9. The Bertz CT molecular complexity index is 750. The Balaban J connectivity index is 2.38. The van der Waals surface area contributed by atoms with Crippen LogP contribution in [0.1, 0.15) is 6.23 Å². The highest BCUT2D eigenvalue weighted by Crippen LogP contribution is 2.37. The monoisotopic (exact) mass is 363 g/mol. The van der Waals surface area contributed by atoms with E-state index in [1.807, 2.05) is 0 Å². The number of nitrogens with zero attached hydrogens (tertiary/aromatic N) is 2. The predicted molar refractivity (Wildman–Crippen MR) is 78.7 cm³/mol. The molecule has 2 rings (SSSR count). The summed E-state index contributed by atoms with van der Waals surface area (Å²) >= 11 is 0. The first kappa shape index (κ1) is 19.2. The van der Waals surface area contributed by atoms with Crippen molar-refractivity contribution in [1.82, 2.24) is 14.5 Å². The van der Waals surface area contributed by atoms with Gasteiger partial charge in [-0.25, -0.2) is 14.0 Å². The lowest BCUT2D eigenvalue weighted by molar-refractivity contribution is -0.207. The SMILES string of the molecule is CNCCOC(=O)n1c(=O)ccn([C@@H]2O[C@](F)(CO)[C@@H](O)[C@H]2O)c1=O. The largest absolute Gasteiger partial charge is 0.447 e. The molecule has 0 unspecified atom stereocenters. The molecule has 4 atom stereocenters. The predicted octanol–water partition coefficient (Wildman–Crippen LogP) is -2.88. The van der Waals surface area contributed by atoms with E-state index in [4.69, 9.17) is 14.6 Å². The van der Waals surface area contributed by atoms with E-state index in [1.54, 1.807) is 7.05 Å². The first-order valence-electron chi connectivity index (χ1n) is 7.26. The van der Waals surface area contributed by atoms with Gasteiger partial charge < -0.3 is 30.1 Å². The van der Waals surface area contributed by atoms with E-state index in [9.17, 15) is 29.0 Å². The van der Waals surface area contributed by atoms with Gasteiger partial charge in [-0.2, -0.15) is 4.57 Å². The molecule has 1 aliphatic rings. The third kappa shape index (κ3) is 3.48. The first-order chi connectivity index (χ1) is 11.8. The molecule has 0 aliphatic carbocycles. The van der Waals surface area contributed by atoms with Gasteiger partial charge in [0, 0.05) is 18.8 Å². The number of nitrogens with one attached hydrogen (secondary N) is 1. The third-order valence-corrected chi connectivity index (χ3v) is 3.63. The van der Waals surface area contributed by atoms with Crippen molar-refractivity contribution < 1.29 is 34.0 Å². The van der Waals surface area contributed by atoms with Gasteiger partial charge in [0.2, 0.25) is 0 Å². The van der Waals surface area contributed by atoms with E-state index >= 15 is 0 Å². The maximum atomic E-state index is 14.1. The van der Waals surface area contributed by atoms with Crippen LogP contribution in [0.5, 0.6) is 0 Å². The van der Waals surface area contributed by atoms with Crippen LogP contribution in [-0.4, -0.2) is 75.4 Å². The molecule has 0 bridgehead atoms. The van der Waals surface area contributed by atoms with Crippen molar-refractivity contribution >= 4 is 6.09 Å². The summed E-state index contributed by atoms with van der Waals surface area (Å²) in [6, 6.07) is 0.806. The van der Waals surface area contributed by atoms with Crippen LogP contribution in [0.25, 0.3) is 0 Å². The van der Waals surface area contributed by atoms with Crippen LogP contribution in [0.2, 0.25) is 0 Å². The molecular formula is C13H18FN3O8. The molecule has 2 heterocycles. The minimum Gasteiger partial charge on any atom is -0.447 e. The molecule has 11 nitrogen and oxygen atoms in total. The molecule has 1 aromatic rings. The van der Waals surface area contributed by atoms with E-state index in [-0.39, 0.29) is 17.7 Å². The summed E-state index contributed by atoms with van der Waals surface area (Å²) < 4.78 is 24.3. The molecule has 0 amide bonds. The molecule has 0 saturated carbocycles. The van der Waals surface area contributed by atoms with Crippen molar-refractivity contribution in [2.24, 2.45) is 0 Å². The summed E-state index contributed by atoms with van der Waals surface area (Å²) in [4.78, 5) is 36.0.